The molecule has 25 heavy (non-hydrogen) atoms. The van der Waals surface area contributed by atoms with Gasteiger partial charge in [-0.2, -0.15) is 0 Å². The van der Waals surface area contributed by atoms with Gasteiger partial charge in [0.2, 0.25) is 0 Å². The molecule has 0 aliphatic heterocycles. The lowest BCUT2D eigenvalue weighted by Crippen LogP contribution is -2.06. The predicted octanol–water partition coefficient (Wildman–Crippen LogP) is 5.54. The molecule has 2 rings (SSSR count). The van der Waals surface area contributed by atoms with Crippen LogP contribution in [0.3, 0.4) is 0 Å². The molecule has 0 amide bonds. The zero-order valence-electron chi connectivity index (χ0n) is 15.3. The molecule has 0 heterocycles. The topological polar surface area (TPSA) is 41.8 Å². The molecule has 2 aromatic carbocycles. The molecule has 0 saturated heterocycles. The monoisotopic (exact) mass is 357 g/mol. The highest BCUT2D eigenvalue weighted by Gasteiger charge is 2.16. The number of thioether (sulfide) groups is 1. The van der Waals surface area contributed by atoms with Crippen LogP contribution in [0.1, 0.15) is 43.7 Å². The van der Waals surface area contributed by atoms with Crippen molar-refractivity contribution in [3.8, 4) is 11.5 Å². The zero-order chi connectivity index (χ0) is 18.1. The molecule has 0 bridgehead atoms. The first kappa shape index (κ1) is 19.4. The van der Waals surface area contributed by atoms with Gasteiger partial charge in [-0.3, -0.25) is 4.99 Å². The molecule has 0 unspecified atom stereocenters. The van der Waals surface area contributed by atoms with Crippen LogP contribution in [0.15, 0.2) is 52.4 Å². The number of nitrogens with zero attached hydrogens (tertiary/aromatic N) is 1. The van der Waals surface area contributed by atoms with Crippen molar-refractivity contribution in [2.45, 2.75) is 37.5 Å². The van der Waals surface area contributed by atoms with Gasteiger partial charge >= 0.3 is 0 Å². The summed E-state index contributed by atoms with van der Waals surface area (Å²) in [7, 11) is 3.37. The molecule has 134 valence electrons. The van der Waals surface area contributed by atoms with Gasteiger partial charge in [0.1, 0.15) is 0 Å². The van der Waals surface area contributed by atoms with Gasteiger partial charge in [0.05, 0.1) is 12.8 Å². The average molecular weight is 358 g/mol. The minimum atomic E-state index is 0.172. The van der Waals surface area contributed by atoms with Gasteiger partial charge in [-0.1, -0.05) is 56.5 Å². The van der Waals surface area contributed by atoms with Crippen LogP contribution in [-0.4, -0.2) is 30.7 Å². The maximum Gasteiger partial charge on any atom is 0.161 e. The minimum absolute atomic E-state index is 0.172. The van der Waals surface area contributed by atoms with Gasteiger partial charge in [0.25, 0.3) is 0 Å². The summed E-state index contributed by atoms with van der Waals surface area (Å²) in [6, 6.07) is 13.8. The van der Waals surface area contributed by atoms with Gasteiger partial charge in [-0.05, 0) is 24.3 Å². The van der Waals surface area contributed by atoms with Crippen LogP contribution in [0, 0.1) is 0 Å². The fourth-order valence-corrected chi connectivity index (χ4v) is 3.80. The van der Waals surface area contributed by atoms with E-state index >= 15 is 0 Å². The van der Waals surface area contributed by atoms with Crippen LogP contribution in [0.25, 0.3) is 0 Å². The SMILES string of the molecule is CCCCCCSc1cc(O)c(OC)cc1/C(=N\C)c1ccccc1. The average Bonchev–Trinajstić information content (AvgIpc) is 2.64. The summed E-state index contributed by atoms with van der Waals surface area (Å²) in [5.74, 6) is 1.68. The van der Waals surface area contributed by atoms with Crippen LogP contribution < -0.4 is 4.74 Å². The standard InChI is InChI=1S/C21H27NO2S/c1-4-5-6-10-13-25-20-15-18(23)19(24-3)14-17(20)21(22-2)16-11-8-7-9-12-16/h7-9,11-12,14-15,23H,4-6,10,13H2,1-3H3/b22-21-. The molecule has 0 spiro atoms. The van der Waals surface area contributed by atoms with Crippen LogP contribution in [0.5, 0.6) is 11.5 Å². The smallest absolute Gasteiger partial charge is 0.161 e. The molecule has 0 radical (unpaired) electrons. The Kier molecular flexibility index (Phi) is 7.86. The summed E-state index contributed by atoms with van der Waals surface area (Å²) in [5, 5.41) is 10.2. The van der Waals surface area contributed by atoms with Crippen molar-refractivity contribution in [2.75, 3.05) is 19.9 Å². The first-order chi connectivity index (χ1) is 12.2. The van der Waals surface area contributed by atoms with E-state index in [9.17, 15) is 5.11 Å². The molecular weight excluding hydrogens is 330 g/mol. The summed E-state index contributed by atoms with van der Waals surface area (Å²) < 4.78 is 5.31. The number of aromatic hydroxyl groups is 1. The first-order valence-electron chi connectivity index (χ1n) is 8.77. The van der Waals surface area contributed by atoms with E-state index in [2.05, 4.69) is 24.0 Å². The molecular formula is C21H27NO2S. The van der Waals surface area contributed by atoms with E-state index in [0.29, 0.717) is 5.75 Å². The molecule has 0 fully saturated rings. The van der Waals surface area contributed by atoms with E-state index < -0.39 is 0 Å². The summed E-state index contributed by atoms with van der Waals surface area (Å²) in [6.07, 6.45) is 4.93. The van der Waals surface area contributed by atoms with E-state index in [1.807, 2.05) is 24.3 Å². The van der Waals surface area contributed by atoms with Crippen molar-refractivity contribution < 1.29 is 9.84 Å². The molecule has 0 atom stereocenters. The van der Waals surface area contributed by atoms with Crippen LogP contribution in [-0.2, 0) is 0 Å². The van der Waals surface area contributed by atoms with Crippen molar-refractivity contribution in [1.82, 2.24) is 0 Å². The summed E-state index contributed by atoms with van der Waals surface area (Å²) >= 11 is 1.77. The highest BCUT2D eigenvalue weighted by atomic mass is 32.2. The predicted molar refractivity (Wildman–Crippen MR) is 108 cm³/mol. The van der Waals surface area contributed by atoms with Gasteiger partial charge < -0.3 is 9.84 Å². The number of phenolic OH excluding ortho intramolecular Hbond substituents is 1. The Morgan fingerprint density at radius 3 is 2.52 bits per heavy atom. The lowest BCUT2D eigenvalue weighted by atomic mass is 10.0. The van der Waals surface area contributed by atoms with Crippen molar-refractivity contribution in [3.63, 3.8) is 0 Å². The van der Waals surface area contributed by atoms with Gasteiger partial charge in [-0.25, -0.2) is 0 Å². The van der Waals surface area contributed by atoms with Gasteiger partial charge in [0, 0.05) is 23.1 Å². The number of unbranched alkanes of at least 4 members (excludes halogenated alkanes) is 3. The number of benzene rings is 2. The second-order valence-corrected chi connectivity index (χ2v) is 7.00. The Balaban J connectivity index is 2.33. The largest absolute Gasteiger partial charge is 0.504 e. The second-order valence-electron chi connectivity index (χ2n) is 5.87. The van der Waals surface area contributed by atoms with E-state index in [1.54, 1.807) is 32.0 Å². The zero-order valence-corrected chi connectivity index (χ0v) is 16.1. The second kappa shape index (κ2) is 10.1. The molecule has 0 aromatic heterocycles. The van der Waals surface area contributed by atoms with Gasteiger partial charge in [-0.15, -0.1) is 11.8 Å². The maximum absolute atomic E-state index is 10.2. The van der Waals surface area contributed by atoms with Crippen molar-refractivity contribution in [2.24, 2.45) is 4.99 Å². The Hall–Kier alpha value is -1.94. The number of phenols is 1. The fraction of sp³-hybridized carbons (Fsp3) is 0.381. The fourth-order valence-electron chi connectivity index (χ4n) is 2.73. The molecule has 0 saturated carbocycles. The lowest BCUT2D eigenvalue weighted by Gasteiger charge is -2.15. The quantitative estimate of drug-likeness (QED) is 0.364. The number of methoxy groups -OCH3 is 1. The summed E-state index contributed by atoms with van der Waals surface area (Å²) in [4.78, 5) is 5.56. The Bertz CT molecular complexity index is 699. The third kappa shape index (κ3) is 5.27. The van der Waals surface area contributed by atoms with E-state index in [0.717, 1.165) is 27.5 Å². The van der Waals surface area contributed by atoms with E-state index in [-0.39, 0.29) is 5.75 Å². The normalized spacial score (nSPS) is 11.6. The lowest BCUT2D eigenvalue weighted by molar-refractivity contribution is 0.372. The number of aliphatic imine (C=N–C) groups is 1. The van der Waals surface area contributed by atoms with Crippen molar-refractivity contribution in [1.29, 1.82) is 0 Å². The minimum Gasteiger partial charge on any atom is -0.504 e. The highest BCUT2D eigenvalue weighted by Crippen LogP contribution is 2.36. The molecule has 0 aliphatic carbocycles. The highest BCUT2D eigenvalue weighted by molar-refractivity contribution is 7.99. The molecule has 4 heteroatoms. The van der Waals surface area contributed by atoms with Gasteiger partial charge in [0.15, 0.2) is 11.5 Å². The third-order valence-electron chi connectivity index (χ3n) is 4.06. The molecule has 3 nitrogen and oxygen atoms in total. The summed E-state index contributed by atoms with van der Waals surface area (Å²) in [5.41, 5.74) is 2.98. The van der Waals surface area contributed by atoms with Crippen LogP contribution in [0.4, 0.5) is 0 Å². The first-order valence-corrected chi connectivity index (χ1v) is 9.76. The van der Waals surface area contributed by atoms with E-state index in [1.165, 1.54) is 25.7 Å². The Morgan fingerprint density at radius 1 is 1.12 bits per heavy atom. The molecule has 2 aromatic rings. The Morgan fingerprint density at radius 2 is 1.88 bits per heavy atom. The number of hydrogen-bond donors (Lipinski definition) is 1. The van der Waals surface area contributed by atoms with Crippen molar-refractivity contribution >= 4 is 17.5 Å². The Labute approximate surface area is 155 Å². The molecule has 0 aliphatic rings. The summed E-state index contributed by atoms with van der Waals surface area (Å²) in [6.45, 7) is 2.22. The molecule has 1 N–H and O–H groups in total. The third-order valence-corrected chi connectivity index (χ3v) is 5.20. The number of ether oxygens (including phenoxy) is 1. The number of hydrogen-bond acceptors (Lipinski definition) is 4. The van der Waals surface area contributed by atoms with E-state index in [4.69, 9.17) is 4.74 Å². The van der Waals surface area contributed by atoms with Crippen molar-refractivity contribution in [3.05, 3.63) is 53.6 Å². The van der Waals surface area contributed by atoms with Crippen LogP contribution in [0.2, 0.25) is 0 Å². The number of rotatable bonds is 9. The van der Waals surface area contributed by atoms with Crippen LogP contribution >= 0.6 is 11.8 Å². The maximum atomic E-state index is 10.2.